The van der Waals surface area contributed by atoms with Gasteiger partial charge in [0.15, 0.2) is 5.84 Å². The van der Waals surface area contributed by atoms with Gasteiger partial charge in [-0.05, 0) is 49.1 Å². The number of aliphatic hydroxyl groups is 1. The molecule has 0 aliphatic carbocycles. The molecule has 7 nitrogen and oxygen atoms in total. The van der Waals surface area contributed by atoms with Gasteiger partial charge < -0.3 is 24.1 Å². The maximum Gasteiger partial charge on any atom is 0.266 e. The smallest absolute Gasteiger partial charge is 0.266 e. The molecule has 35 heavy (non-hydrogen) atoms. The first-order chi connectivity index (χ1) is 16.9. The second-order valence-corrected chi connectivity index (χ2v) is 8.47. The third kappa shape index (κ3) is 3.83. The molecule has 1 fully saturated rings. The van der Waals surface area contributed by atoms with E-state index in [1.807, 2.05) is 42.0 Å². The summed E-state index contributed by atoms with van der Waals surface area (Å²) in [5.74, 6) is -2.37. The summed E-state index contributed by atoms with van der Waals surface area (Å²) in [5.41, 5.74) is 0.788. The zero-order valence-electron chi connectivity index (χ0n) is 19.1. The van der Waals surface area contributed by atoms with E-state index in [9.17, 15) is 18.3 Å². The van der Waals surface area contributed by atoms with Gasteiger partial charge in [-0.25, -0.2) is 18.2 Å². The van der Waals surface area contributed by atoms with Crippen molar-refractivity contribution >= 4 is 11.9 Å². The summed E-state index contributed by atoms with van der Waals surface area (Å²) in [6, 6.07) is 6.81. The minimum absolute atomic E-state index is 0.342. The SMILES string of the molecule is COc1cc(/C=C2\CCCN3C2=NO[C@@]3(CO)c2c(F)cc(F)cc2F)ccc1-n1cnc(C)c1. The van der Waals surface area contributed by atoms with Gasteiger partial charge in [-0.15, -0.1) is 0 Å². The van der Waals surface area contributed by atoms with Crippen LogP contribution in [0.4, 0.5) is 13.2 Å². The molecule has 1 aromatic heterocycles. The number of rotatable bonds is 5. The average Bonchev–Trinajstić information content (AvgIpc) is 3.43. The summed E-state index contributed by atoms with van der Waals surface area (Å²) in [4.78, 5) is 11.3. The third-order valence-corrected chi connectivity index (χ3v) is 6.24. The number of hydrogen-bond acceptors (Lipinski definition) is 6. The maximum absolute atomic E-state index is 14.7. The molecule has 2 aliphatic rings. The lowest BCUT2D eigenvalue weighted by molar-refractivity contribution is -0.141. The highest BCUT2D eigenvalue weighted by Gasteiger charge is 2.52. The number of aliphatic hydroxyl groups excluding tert-OH is 1. The number of methoxy groups -OCH3 is 1. The highest BCUT2D eigenvalue weighted by Crippen LogP contribution is 2.42. The van der Waals surface area contributed by atoms with Crippen molar-refractivity contribution in [1.82, 2.24) is 14.5 Å². The number of nitrogens with zero attached hydrogens (tertiary/aromatic N) is 4. The van der Waals surface area contributed by atoms with Crippen LogP contribution in [0, 0.1) is 24.4 Å². The van der Waals surface area contributed by atoms with Crippen LogP contribution >= 0.6 is 0 Å². The van der Waals surface area contributed by atoms with Crippen LogP contribution in [0.2, 0.25) is 0 Å². The lowest BCUT2D eigenvalue weighted by Crippen LogP contribution is -2.52. The fourth-order valence-electron chi connectivity index (χ4n) is 4.62. The van der Waals surface area contributed by atoms with E-state index in [0.717, 1.165) is 22.5 Å². The number of oxime groups is 1. The molecule has 0 amide bonds. The first-order valence-corrected chi connectivity index (χ1v) is 11.1. The number of hydrogen-bond donors (Lipinski definition) is 1. The van der Waals surface area contributed by atoms with Gasteiger partial charge in [0, 0.05) is 24.9 Å². The van der Waals surface area contributed by atoms with E-state index < -0.39 is 35.3 Å². The summed E-state index contributed by atoms with van der Waals surface area (Å²) in [7, 11) is 1.58. The van der Waals surface area contributed by atoms with E-state index in [0.29, 0.717) is 43.1 Å². The number of imidazole rings is 1. The standard InChI is InChI=1S/C25H23F3N4O3/c1-15-12-31(14-29-15)21-6-5-16(9-22(21)34-2)8-17-4-3-7-32-24(17)30-35-25(32,13-33)23-19(27)10-18(26)11-20(23)28/h5-6,8-12,14,33H,3-4,7,13H2,1-2H3/b17-8+/t25-/m0/s1. The Hall–Kier alpha value is -3.79. The molecule has 0 unspecified atom stereocenters. The van der Waals surface area contributed by atoms with Crippen molar-refractivity contribution in [2.75, 3.05) is 20.3 Å². The average molecular weight is 484 g/mol. The van der Waals surface area contributed by atoms with Gasteiger partial charge in [0.1, 0.15) is 29.8 Å². The molecule has 1 atom stereocenters. The molecule has 3 heterocycles. The number of piperidine rings is 1. The van der Waals surface area contributed by atoms with Crippen molar-refractivity contribution in [2.45, 2.75) is 25.5 Å². The molecule has 3 aromatic rings. The number of fused-ring (bicyclic) bond motifs is 1. The molecule has 2 aliphatic heterocycles. The largest absolute Gasteiger partial charge is 0.495 e. The van der Waals surface area contributed by atoms with E-state index in [1.54, 1.807) is 13.4 Å². The van der Waals surface area contributed by atoms with Crippen LogP contribution in [0.3, 0.4) is 0 Å². The highest BCUT2D eigenvalue weighted by atomic mass is 19.1. The highest BCUT2D eigenvalue weighted by molar-refractivity contribution is 6.03. The zero-order valence-corrected chi connectivity index (χ0v) is 19.1. The Labute approximate surface area is 199 Å². The van der Waals surface area contributed by atoms with Crippen molar-refractivity contribution in [2.24, 2.45) is 5.16 Å². The van der Waals surface area contributed by atoms with Crippen molar-refractivity contribution in [3.05, 3.63) is 82.7 Å². The fraction of sp³-hybridized carbons (Fsp3) is 0.280. The van der Waals surface area contributed by atoms with Gasteiger partial charge in [-0.2, -0.15) is 0 Å². The van der Waals surface area contributed by atoms with Crippen molar-refractivity contribution in [3.63, 3.8) is 0 Å². The van der Waals surface area contributed by atoms with Crippen LogP contribution in [0.15, 0.2) is 53.6 Å². The van der Waals surface area contributed by atoms with Crippen LogP contribution in [0.5, 0.6) is 5.75 Å². The fourth-order valence-corrected chi connectivity index (χ4v) is 4.62. The van der Waals surface area contributed by atoms with Crippen LogP contribution in [-0.4, -0.2) is 45.7 Å². The summed E-state index contributed by atoms with van der Waals surface area (Å²) >= 11 is 0. The molecule has 1 saturated heterocycles. The second kappa shape index (κ2) is 8.77. The summed E-state index contributed by atoms with van der Waals surface area (Å²) in [5, 5.41) is 14.3. The molecule has 10 heteroatoms. The van der Waals surface area contributed by atoms with E-state index in [1.165, 1.54) is 4.90 Å². The first-order valence-electron chi connectivity index (χ1n) is 11.1. The van der Waals surface area contributed by atoms with E-state index in [2.05, 4.69) is 10.1 Å². The van der Waals surface area contributed by atoms with Crippen LogP contribution < -0.4 is 4.74 Å². The summed E-state index contributed by atoms with van der Waals surface area (Å²) in [6.45, 7) is 1.46. The van der Waals surface area contributed by atoms with Crippen LogP contribution in [-0.2, 0) is 10.6 Å². The predicted molar refractivity (Wildman–Crippen MR) is 122 cm³/mol. The number of benzene rings is 2. The Morgan fingerprint density at radius 2 is 1.97 bits per heavy atom. The molecule has 0 radical (unpaired) electrons. The Bertz CT molecular complexity index is 1330. The van der Waals surface area contributed by atoms with Crippen molar-refractivity contribution < 1.29 is 27.9 Å². The van der Waals surface area contributed by atoms with E-state index in [4.69, 9.17) is 9.57 Å². The van der Waals surface area contributed by atoms with Crippen LogP contribution in [0.25, 0.3) is 11.8 Å². The molecule has 2 aromatic carbocycles. The quantitative estimate of drug-likeness (QED) is 0.586. The molecule has 5 rings (SSSR count). The predicted octanol–water partition coefficient (Wildman–Crippen LogP) is 4.27. The Morgan fingerprint density at radius 1 is 1.20 bits per heavy atom. The molecular formula is C25H23F3N4O3. The second-order valence-electron chi connectivity index (χ2n) is 8.47. The van der Waals surface area contributed by atoms with Gasteiger partial charge in [0.25, 0.3) is 5.72 Å². The number of ether oxygens (including phenoxy) is 1. The number of halogens is 3. The van der Waals surface area contributed by atoms with Gasteiger partial charge >= 0.3 is 0 Å². The minimum Gasteiger partial charge on any atom is -0.495 e. The van der Waals surface area contributed by atoms with Gasteiger partial charge in [-0.3, -0.25) is 0 Å². The zero-order chi connectivity index (χ0) is 24.7. The monoisotopic (exact) mass is 484 g/mol. The van der Waals surface area contributed by atoms with Gasteiger partial charge in [0.05, 0.1) is 30.4 Å². The molecule has 0 saturated carbocycles. The topological polar surface area (TPSA) is 72.1 Å². The van der Waals surface area contributed by atoms with Crippen molar-refractivity contribution in [1.29, 1.82) is 0 Å². The lowest BCUT2D eigenvalue weighted by Gasteiger charge is -2.39. The first kappa shape index (κ1) is 23.0. The van der Waals surface area contributed by atoms with E-state index in [-0.39, 0.29) is 0 Å². The molecule has 1 N–H and O–H groups in total. The summed E-state index contributed by atoms with van der Waals surface area (Å²) in [6.07, 6.45) is 6.76. The number of amidine groups is 1. The van der Waals surface area contributed by atoms with Gasteiger partial charge in [0.2, 0.25) is 0 Å². The normalized spacial score (nSPS) is 20.6. The maximum atomic E-state index is 14.7. The Kier molecular flexibility index (Phi) is 5.76. The van der Waals surface area contributed by atoms with Crippen LogP contribution in [0.1, 0.15) is 29.7 Å². The number of aryl methyl sites for hydroxylation is 1. The minimum atomic E-state index is -1.92. The molecule has 0 spiro atoms. The van der Waals surface area contributed by atoms with E-state index >= 15 is 0 Å². The van der Waals surface area contributed by atoms with Gasteiger partial charge in [-0.1, -0.05) is 11.2 Å². The lowest BCUT2D eigenvalue weighted by atomic mass is 9.94. The molecule has 0 bridgehead atoms. The molecule has 182 valence electrons. The summed E-state index contributed by atoms with van der Waals surface area (Å²) < 4.78 is 50.3. The molecular weight excluding hydrogens is 461 g/mol. The Balaban J connectivity index is 1.50. The number of aromatic nitrogens is 2. The Morgan fingerprint density at radius 3 is 2.63 bits per heavy atom. The third-order valence-electron chi connectivity index (χ3n) is 6.24. The van der Waals surface area contributed by atoms with Crippen molar-refractivity contribution in [3.8, 4) is 11.4 Å².